The van der Waals surface area contributed by atoms with Crippen LogP contribution >= 0.6 is 23.1 Å². The Balaban J connectivity index is 1.59. The molecule has 1 fully saturated rings. The quantitative estimate of drug-likeness (QED) is 0.490. The zero-order chi connectivity index (χ0) is 19.5. The Labute approximate surface area is 170 Å². The summed E-state index contributed by atoms with van der Waals surface area (Å²) in [4.78, 5) is 29.8. The summed E-state index contributed by atoms with van der Waals surface area (Å²) in [5.74, 6) is -0.250. The molecule has 0 atom stereocenters. The Morgan fingerprint density at radius 3 is 2.86 bits per heavy atom. The molecule has 0 unspecified atom stereocenters. The van der Waals surface area contributed by atoms with E-state index in [1.54, 1.807) is 24.3 Å². The SMILES string of the molecule is O=C(CSc1nc2ccsc2c(=O)n1Cc1ccccc1F)NC1CCCC1. The molecule has 4 rings (SSSR count). The normalized spacial score (nSPS) is 14.6. The van der Waals surface area contributed by atoms with Gasteiger partial charge in [0.2, 0.25) is 5.91 Å². The first kappa shape index (κ1) is 19.1. The van der Waals surface area contributed by atoms with Crippen molar-refractivity contribution in [3.63, 3.8) is 0 Å². The van der Waals surface area contributed by atoms with E-state index in [1.165, 1.54) is 33.7 Å². The fourth-order valence-corrected chi connectivity index (χ4v) is 5.03. The van der Waals surface area contributed by atoms with Gasteiger partial charge in [-0.1, -0.05) is 42.8 Å². The van der Waals surface area contributed by atoms with E-state index in [1.807, 2.05) is 5.38 Å². The molecule has 0 aliphatic heterocycles. The molecule has 5 nitrogen and oxygen atoms in total. The lowest BCUT2D eigenvalue weighted by Crippen LogP contribution is -2.34. The van der Waals surface area contributed by atoms with Crippen molar-refractivity contribution >= 4 is 39.2 Å². The number of nitrogens with zero attached hydrogens (tertiary/aromatic N) is 2. The Kier molecular flexibility index (Phi) is 5.77. The van der Waals surface area contributed by atoms with Crippen molar-refractivity contribution in [1.82, 2.24) is 14.9 Å². The highest BCUT2D eigenvalue weighted by Crippen LogP contribution is 2.23. The molecule has 0 saturated heterocycles. The maximum atomic E-state index is 14.1. The van der Waals surface area contributed by atoms with Gasteiger partial charge < -0.3 is 5.32 Å². The van der Waals surface area contributed by atoms with E-state index in [4.69, 9.17) is 0 Å². The van der Waals surface area contributed by atoms with Crippen molar-refractivity contribution < 1.29 is 9.18 Å². The minimum atomic E-state index is -0.365. The van der Waals surface area contributed by atoms with Crippen LogP contribution in [0.2, 0.25) is 0 Å². The number of benzene rings is 1. The summed E-state index contributed by atoms with van der Waals surface area (Å²) in [6, 6.07) is 8.42. The van der Waals surface area contributed by atoms with Crippen molar-refractivity contribution in [1.29, 1.82) is 0 Å². The van der Waals surface area contributed by atoms with Gasteiger partial charge in [0, 0.05) is 11.6 Å². The number of aromatic nitrogens is 2. The smallest absolute Gasteiger partial charge is 0.272 e. The van der Waals surface area contributed by atoms with Crippen LogP contribution in [0.3, 0.4) is 0 Å². The number of hydrogen-bond acceptors (Lipinski definition) is 5. The highest BCUT2D eigenvalue weighted by Gasteiger charge is 2.19. The first-order chi connectivity index (χ1) is 13.6. The lowest BCUT2D eigenvalue weighted by Gasteiger charge is -2.14. The highest BCUT2D eigenvalue weighted by molar-refractivity contribution is 7.99. The van der Waals surface area contributed by atoms with Gasteiger partial charge in [-0.05, 0) is 30.4 Å². The van der Waals surface area contributed by atoms with E-state index in [2.05, 4.69) is 10.3 Å². The van der Waals surface area contributed by atoms with Crippen LogP contribution in [-0.2, 0) is 11.3 Å². The molecule has 1 aliphatic rings. The van der Waals surface area contributed by atoms with Gasteiger partial charge in [-0.15, -0.1) is 11.3 Å². The number of carbonyl (C=O) groups is 1. The minimum Gasteiger partial charge on any atom is -0.353 e. The van der Waals surface area contributed by atoms with E-state index in [9.17, 15) is 14.0 Å². The number of thioether (sulfide) groups is 1. The number of halogens is 1. The second-order valence-corrected chi connectivity index (χ2v) is 8.71. The predicted octanol–water partition coefficient (Wildman–Crippen LogP) is 3.80. The number of rotatable bonds is 6. The maximum Gasteiger partial charge on any atom is 0.272 e. The molecule has 0 spiro atoms. The van der Waals surface area contributed by atoms with Crippen molar-refractivity contribution in [3.8, 4) is 0 Å². The molecular formula is C20H20FN3O2S2. The van der Waals surface area contributed by atoms with Gasteiger partial charge in [-0.2, -0.15) is 0 Å². The molecule has 8 heteroatoms. The monoisotopic (exact) mass is 417 g/mol. The zero-order valence-electron chi connectivity index (χ0n) is 15.2. The fourth-order valence-electron chi connectivity index (χ4n) is 3.44. The van der Waals surface area contributed by atoms with E-state index in [-0.39, 0.29) is 35.6 Å². The lowest BCUT2D eigenvalue weighted by molar-refractivity contribution is -0.119. The molecule has 0 radical (unpaired) electrons. The minimum absolute atomic E-state index is 0.0611. The van der Waals surface area contributed by atoms with Crippen LogP contribution in [-0.4, -0.2) is 27.3 Å². The first-order valence-electron chi connectivity index (χ1n) is 9.25. The molecule has 2 heterocycles. The number of hydrogen-bond donors (Lipinski definition) is 1. The Morgan fingerprint density at radius 2 is 2.07 bits per heavy atom. The van der Waals surface area contributed by atoms with Crippen LogP contribution in [0, 0.1) is 5.82 Å². The molecule has 146 valence electrons. The van der Waals surface area contributed by atoms with Gasteiger partial charge >= 0.3 is 0 Å². The molecule has 28 heavy (non-hydrogen) atoms. The summed E-state index contributed by atoms with van der Waals surface area (Å²) >= 11 is 2.54. The topological polar surface area (TPSA) is 64.0 Å². The standard InChI is InChI=1S/C20H20FN3O2S2/c21-15-8-4-1-5-13(15)11-24-19(26)18-16(9-10-27-18)23-20(24)28-12-17(25)22-14-6-2-3-7-14/h1,4-5,8-10,14H,2-3,6-7,11-12H2,(H,22,25). The van der Waals surface area contributed by atoms with E-state index in [0.29, 0.717) is 20.9 Å². The van der Waals surface area contributed by atoms with Crippen LogP contribution in [0.1, 0.15) is 31.2 Å². The van der Waals surface area contributed by atoms with Gasteiger partial charge in [0.1, 0.15) is 10.5 Å². The predicted molar refractivity (Wildman–Crippen MR) is 111 cm³/mol. The second-order valence-electron chi connectivity index (χ2n) is 6.85. The highest BCUT2D eigenvalue weighted by atomic mass is 32.2. The Hall–Kier alpha value is -2.19. The van der Waals surface area contributed by atoms with Gasteiger partial charge in [0.05, 0.1) is 17.8 Å². The van der Waals surface area contributed by atoms with Crippen LogP contribution in [0.5, 0.6) is 0 Å². The van der Waals surface area contributed by atoms with Crippen molar-refractivity contribution in [2.24, 2.45) is 0 Å². The van der Waals surface area contributed by atoms with Crippen LogP contribution < -0.4 is 10.9 Å². The third-order valence-electron chi connectivity index (χ3n) is 4.87. The molecule has 0 bridgehead atoms. The van der Waals surface area contributed by atoms with Gasteiger partial charge in [0.15, 0.2) is 5.16 Å². The molecule has 2 aromatic heterocycles. The van der Waals surface area contributed by atoms with E-state index >= 15 is 0 Å². The molecule has 3 aromatic rings. The average Bonchev–Trinajstić information content (AvgIpc) is 3.36. The van der Waals surface area contributed by atoms with Gasteiger partial charge in [0.25, 0.3) is 5.56 Å². The van der Waals surface area contributed by atoms with Crippen LogP contribution in [0.25, 0.3) is 10.2 Å². The number of nitrogens with one attached hydrogen (secondary N) is 1. The van der Waals surface area contributed by atoms with Gasteiger partial charge in [-0.3, -0.25) is 14.2 Å². The van der Waals surface area contributed by atoms with Crippen molar-refractivity contribution in [2.45, 2.75) is 43.4 Å². The summed E-state index contributed by atoms with van der Waals surface area (Å²) in [5.41, 5.74) is 0.819. The third-order valence-corrected chi connectivity index (χ3v) is 6.74. The van der Waals surface area contributed by atoms with Crippen LogP contribution in [0.15, 0.2) is 45.7 Å². The third kappa shape index (κ3) is 4.12. The summed E-state index contributed by atoms with van der Waals surface area (Å²) in [5, 5.41) is 5.29. The zero-order valence-corrected chi connectivity index (χ0v) is 16.8. The first-order valence-corrected chi connectivity index (χ1v) is 11.1. The van der Waals surface area contributed by atoms with Crippen molar-refractivity contribution in [2.75, 3.05) is 5.75 Å². The Bertz CT molecular complexity index is 1060. The van der Waals surface area contributed by atoms with Gasteiger partial charge in [-0.25, -0.2) is 9.37 Å². The van der Waals surface area contributed by atoms with Crippen molar-refractivity contribution in [3.05, 3.63) is 57.4 Å². The Morgan fingerprint density at radius 1 is 1.29 bits per heavy atom. The second kappa shape index (κ2) is 8.45. The average molecular weight is 418 g/mol. The molecule has 1 N–H and O–H groups in total. The lowest BCUT2D eigenvalue weighted by atomic mass is 10.2. The number of carbonyl (C=O) groups excluding carboxylic acids is 1. The van der Waals surface area contributed by atoms with Crippen LogP contribution in [0.4, 0.5) is 4.39 Å². The summed E-state index contributed by atoms with van der Waals surface area (Å²) < 4.78 is 16.1. The number of amides is 1. The molecule has 1 amide bonds. The number of fused-ring (bicyclic) bond motifs is 1. The number of thiophene rings is 1. The maximum absolute atomic E-state index is 14.1. The summed E-state index contributed by atoms with van der Waals surface area (Å²) in [7, 11) is 0. The molecule has 1 saturated carbocycles. The largest absolute Gasteiger partial charge is 0.353 e. The molecular weight excluding hydrogens is 397 g/mol. The van der Waals surface area contributed by atoms with E-state index in [0.717, 1.165) is 25.7 Å². The molecule has 1 aliphatic carbocycles. The fraction of sp³-hybridized carbons (Fsp3) is 0.350. The molecule has 1 aromatic carbocycles. The summed E-state index contributed by atoms with van der Waals surface area (Å²) in [6.07, 6.45) is 4.34. The summed E-state index contributed by atoms with van der Waals surface area (Å²) in [6.45, 7) is 0.0823. The van der Waals surface area contributed by atoms with E-state index < -0.39 is 0 Å².